The Morgan fingerprint density at radius 3 is 2.56 bits per heavy atom. The van der Waals surface area contributed by atoms with Gasteiger partial charge in [-0.15, -0.1) is 22.7 Å². The number of rotatable bonds is 4. The second-order valence-electron chi connectivity index (χ2n) is 6.66. The zero-order valence-corrected chi connectivity index (χ0v) is 16.2. The highest BCUT2D eigenvalue weighted by atomic mass is 32.2. The SMILES string of the molecule is O=C(c1ccc(C(F)(F)F)s1)N1C[C@@H]2C[C@H]1C[C@@H]2NS(=O)(=O)c1cccs1. The third kappa shape index (κ3) is 3.53. The molecule has 4 rings (SSSR count). The number of nitrogens with zero attached hydrogens (tertiary/aromatic N) is 1. The van der Waals surface area contributed by atoms with Crippen LogP contribution in [0, 0.1) is 5.92 Å². The highest BCUT2D eigenvalue weighted by Gasteiger charge is 2.48. The van der Waals surface area contributed by atoms with Crippen molar-refractivity contribution in [3.63, 3.8) is 0 Å². The number of sulfonamides is 1. The molecule has 3 heterocycles. The lowest BCUT2D eigenvalue weighted by atomic mass is 10.0. The zero-order chi connectivity index (χ0) is 19.4. The Morgan fingerprint density at radius 1 is 1.22 bits per heavy atom. The van der Waals surface area contributed by atoms with Crippen molar-refractivity contribution in [2.24, 2.45) is 5.92 Å². The van der Waals surface area contributed by atoms with Crippen LogP contribution in [0.2, 0.25) is 0 Å². The van der Waals surface area contributed by atoms with Gasteiger partial charge in [0.15, 0.2) is 0 Å². The predicted octanol–water partition coefficient (Wildman–Crippen LogP) is 3.41. The van der Waals surface area contributed by atoms with Crippen LogP contribution in [0.3, 0.4) is 0 Å². The van der Waals surface area contributed by atoms with Crippen LogP contribution in [0.1, 0.15) is 27.4 Å². The second-order valence-corrected chi connectivity index (χ2v) is 10.6. The predicted molar refractivity (Wildman–Crippen MR) is 95.3 cm³/mol. The second kappa shape index (κ2) is 6.57. The van der Waals surface area contributed by atoms with E-state index in [0.29, 0.717) is 30.7 Å². The number of piperidine rings is 1. The van der Waals surface area contributed by atoms with Gasteiger partial charge in [-0.05, 0) is 42.3 Å². The van der Waals surface area contributed by atoms with Crippen molar-refractivity contribution in [3.05, 3.63) is 39.4 Å². The van der Waals surface area contributed by atoms with Crippen LogP contribution >= 0.6 is 22.7 Å². The standard InChI is InChI=1S/C16H15F3N2O3S3/c17-16(18,19)13-4-3-12(26-13)15(22)21-8-9-6-10(21)7-11(9)20-27(23,24)14-2-1-5-25-14/h1-5,9-11,20H,6-8H2/t9-,10-,11-/m0/s1. The molecule has 146 valence electrons. The van der Waals surface area contributed by atoms with Gasteiger partial charge in [-0.1, -0.05) is 6.07 Å². The number of likely N-dealkylation sites (tertiary alicyclic amines) is 1. The average Bonchev–Trinajstić information content (AvgIpc) is 3.34. The number of thiophene rings is 2. The summed E-state index contributed by atoms with van der Waals surface area (Å²) in [5.41, 5.74) is 0. The summed E-state index contributed by atoms with van der Waals surface area (Å²) >= 11 is 1.58. The van der Waals surface area contributed by atoms with Gasteiger partial charge in [-0.2, -0.15) is 13.2 Å². The van der Waals surface area contributed by atoms with Crippen molar-refractivity contribution in [2.75, 3.05) is 6.54 Å². The molecule has 2 bridgehead atoms. The molecule has 1 aliphatic carbocycles. The monoisotopic (exact) mass is 436 g/mol. The summed E-state index contributed by atoms with van der Waals surface area (Å²) in [6.45, 7) is 0.348. The Hall–Kier alpha value is -1.43. The van der Waals surface area contributed by atoms with Gasteiger partial charge in [0.25, 0.3) is 5.91 Å². The Labute approximate surface area is 161 Å². The highest BCUT2D eigenvalue weighted by molar-refractivity contribution is 7.91. The summed E-state index contributed by atoms with van der Waals surface area (Å²) in [7, 11) is -3.58. The summed E-state index contributed by atoms with van der Waals surface area (Å²) in [6, 6.07) is 4.90. The van der Waals surface area contributed by atoms with Crippen LogP contribution in [0.25, 0.3) is 0 Å². The number of fused-ring (bicyclic) bond motifs is 2. The number of halogens is 3. The first-order chi connectivity index (χ1) is 12.6. The molecular formula is C16H15F3N2O3S3. The van der Waals surface area contributed by atoms with Crippen LogP contribution in [0.15, 0.2) is 33.9 Å². The highest BCUT2D eigenvalue weighted by Crippen LogP contribution is 2.41. The van der Waals surface area contributed by atoms with E-state index in [0.717, 1.165) is 17.4 Å². The van der Waals surface area contributed by atoms with E-state index in [1.807, 2.05) is 0 Å². The van der Waals surface area contributed by atoms with Gasteiger partial charge < -0.3 is 4.90 Å². The first kappa shape index (κ1) is 18.9. The number of amides is 1. The fraction of sp³-hybridized carbons (Fsp3) is 0.438. The summed E-state index contributed by atoms with van der Waals surface area (Å²) in [6.07, 6.45) is -3.34. The van der Waals surface area contributed by atoms with E-state index in [2.05, 4.69) is 4.72 Å². The van der Waals surface area contributed by atoms with E-state index in [1.54, 1.807) is 16.3 Å². The molecule has 0 aromatic carbocycles. The molecule has 1 amide bonds. The molecule has 1 aliphatic heterocycles. The molecule has 1 saturated carbocycles. The molecule has 2 fully saturated rings. The lowest BCUT2D eigenvalue weighted by molar-refractivity contribution is -0.134. The van der Waals surface area contributed by atoms with E-state index in [4.69, 9.17) is 0 Å². The Bertz CT molecular complexity index is 953. The summed E-state index contributed by atoms with van der Waals surface area (Å²) in [5.74, 6) is -0.446. The molecule has 1 saturated heterocycles. The number of carbonyl (C=O) groups is 1. The van der Waals surface area contributed by atoms with Crippen LogP contribution in [0.4, 0.5) is 13.2 Å². The third-order valence-electron chi connectivity index (χ3n) is 4.97. The Morgan fingerprint density at radius 2 is 2.00 bits per heavy atom. The van der Waals surface area contributed by atoms with Crippen molar-refractivity contribution < 1.29 is 26.4 Å². The summed E-state index contributed by atoms with van der Waals surface area (Å²) < 4.78 is 65.9. The van der Waals surface area contributed by atoms with Crippen LogP contribution in [-0.4, -0.2) is 37.9 Å². The lowest BCUT2D eigenvalue weighted by Gasteiger charge is -2.31. The zero-order valence-electron chi connectivity index (χ0n) is 13.8. The van der Waals surface area contributed by atoms with Crippen molar-refractivity contribution in [3.8, 4) is 0 Å². The smallest absolute Gasteiger partial charge is 0.335 e. The number of hydrogen-bond donors (Lipinski definition) is 1. The summed E-state index contributed by atoms with van der Waals surface area (Å²) in [5, 5.41) is 1.69. The van der Waals surface area contributed by atoms with Gasteiger partial charge in [0.05, 0.1) is 4.88 Å². The molecule has 0 radical (unpaired) electrons. The quantitative estimate of drug-likeness (QED) is 0.799. The maximum atomic E-state index is 12.7. The van der Waals surface area contributed by atoms with Gasteiger partial charge >= 0.3 is 6.18 Å². The first-order valence-electron chi connectivity index (χ1n) is 8.19. The Kier molecular flexibility index (Phi) is 4.60. The molecule has 2 aliphatic rings. The minimum absolute atomic E-state index is 0.0317. The Balaban J connectivity index is 1.43. The number of hydrogen-bond acceptors (Lipinski definition) is 5. The van der Waals surface area contributed by atoms with Gasteiger partial charge in [-0.3, -0.25) is 4.79 Å². The third-order valence-corrected chi connectivity index (χ3v) is 8.97. The largest absolute Gasteiger partial charge is 0.425 e. The van der Waals surface area contributed by atoms with E-state index < -0.39 is 27.0 Å². The number of carbonyl (C=O) groups excluding carboxylic acids is 1. The normalized spacial score (nSPS) is 25.3. The van der Waals surface area contributed by atoms with Crippen molar-refractivity contribution >= 4 is 38.6 Å². The number of alkyl halides is 3. The number of nitrogens with one attached hydrogen (secondary N) is 1. The molecule has 1 N–H and O–H groups in total. The van der Waals surface area contributed by atoms with E-state index in [-0.39, 0.29) is 27.1 Å². The van der Waals surface area contributed by atoms with E-state index >= 15 is 0 Å². The maximum Gasteiger partial charge on any atom is 0.425 e. The van der Waals surface area contributed by atoms with Crippen LogP contribution in [-0.2, 0) is 16.2 Å². The lowest BCUT2D eigenvalue weighted by Crippen LogP contribution is -2.47. The molecule has 11 heteroatoms. The van der Waals surface area contributed by atoms with E-state index in [1.165, 1.54) is 12.1 Å². The maximum absolute atomic E-state index is 12.7. The molecule has 2 aromatic rings. The fourth-order valence-corrected chi connectivity index (χ4v) is 6.92. The molecular weight excluding hydrogens is 421 g/mol. The first-order valence-corrected chi connectivity index (χ1v) is 11.4. The van der Waals surface area contributed by atoms with Crippen molar-refractivity contribution in [2.45, 2.75) is 35.3 Å². The molecule has 0 spiro atoms. The average molecular weight is 437 g/mol. The molecule has 0 unspecified atom stereocenters. The summed E-state index contributed by atoms with van der Waals surface area (Å²) in [4.78, 5) is 13.4. The van der Waals surface area contributed by atoms with Crippen molar-refractivity contribution in [1.82, 2.24) is 9.62 Å². The van der Waals surface area contributed by atoms with E-state index in [9.17, 15) is 26.4 Å². The van der Waals surface area contributed by atoms with Gasteiger partial charge in [0.2, 0.25) is 10.0 Å². The minimum atomic E-state index is -4.46. The van der Waals surface area contributed by atoms with Crippen molar-refractivity contribution in [1.29, 1.82) is 0 Å². The van der Waals surface area contributed by atoms with Gasteiger partial charge in [0, 0.05) is 18.6 Å². The molecule has 27 heavy (non-hydrogen) atoms. The van der Waals surface area contributed by atoms with Crippen LogP contribution in [0.5, 0.6) is 0 Å². The van der Waals surface area contributed by atoms with Crippen LogP contribution < -0.4 is 4.72 Å². The minimum Gasteiger partial charge on any atom is -0.335 e. The van der Waals surface area contributed by atoms with Gasteiger partial charge in [-0.25, -0.2) is 13.1 Å². The molecule has 3 atom stereocenters. The topological polar surface area (TPSA) is 66.5 Å². The van der Waals surface area contributed by atoms with Gasteiger partial charge in [0.1, 0.15) is 9.09 Å². The fourth-order valence-electron chi connectivity index (χ4n) is 3.77. The molecule has 5 nitrogen and oxygen atoms in total. The molecule has 2 aromatic heterocycles.